The molecule has 0 saturated heterocycles. The van der Waals surface area contributed by atoms with Crippen molar-refractivity contribution >= 4 is 11.6 Å². The van der Waals surface area contributed by atoms with E-state index in [-0.39, 0.29) is 0 Å². The van der Waals surface area contributed by atoms with Crippen LogP contribution in [0.2, 0.25) is 5.02 Å². The van der Waals surface area contributed by atoms with Crippen molar-refractivity contribution in [3.8, 4) is 0 Å². The summed E-state index contributed by atoms with van der Waals surface area (Å²) in [6, 6.07) is 0.317. The van der Waals surface area contributed by atoms with E-state index in [1.165, 1.54) is 37.8 Å². The van der Waals surface area contributed by atoms with Crippen LogP contribution in [0.4, 0.5) is 0 Å². The normalized spacial score (nSPS) is 20.0. The summed E-state index contributed by atoms with van der Waals surface area (Å²) >= 11 is 6.46. The predicted molar refractivity (Wildman–Crippen MR) is 85.1 cm³/mol. The predicted octanol–water partition coefficient (Wildman–Crippen LogP) is 4.57. The lowest BCUT2D eigenvalue weighted by molar-refractivity contribution is 0.138. The molecular formula is C16H28ClN3. The fourth-order valence-electron chi connectivity index (χ4n) is 3.52. The lowest BCUT2D eigenvalue weighted by Gasteiger charge is -2.41. The smallest absolute Gasteiger partial charge is 0.0834 e. The van der Waals surface area contributed by atoms with Crippen LogP contribution in [0.3, 0.4) is 0 Å². The molecule has 3 nitrogen and oxygen atoms in total. The number of aromatic nitrogens is 2. The zero-order chi connectivity index (χ0) is 14.6. The van der Waals surface area contributed by atoms with E-state index in [4.69, 9.17) is 11.6 Å². The second kappa shape index (κ2) is 6.95. The Morgan fingerprint density at radius 3 is 2.65 bits per heavy atom. The molecule has 0 aliphatic heterocycles. The first-order valence-electron chi connectivity index (χ1n) is 8.07. The van der Waals surface area contributed by atoms with Gasteiger partial charge in [0.05, 0.1) is 23.0 Å². The van der Waals surface area contributed by atoms with E-state index >= 15 is 0 Å². The van der Waals surface area contributed by atoms with Crippen molar-refractivity contribution in [2.75, 3.05) is 6.54 Å². The number of halogens is 1. The molecule has 0 spiro atoms. The molecule has 0 aromatic carbocycles. The van der Waals surface area contributed by atoms with E-state index in [0.29, 0.717) is 11.5 Å². The van der Waals surface area contributed by atoms with E-state index in [9.17, 15) is 0 Å². The second-order valence-electron chi connectivity index (χ2n) is 6.30. The average Bonchev–Trinajstić information content (AvgIpc) is 2.81. The van der Waals surface area contributed by atoms with Crippen LogP contribution in [0, 0.1) is 5.41 Å². The number of aryl methyl sites for hydroxylation is 1. The molecule has 2 rings (SSSR count). The van der Waals surface area contributed by atoms with Crippen LogP contribution in [0.15, 0.2) is 6.20 Å². The summed E-state index contributed by atoms with van der Waals surface area (Å²) in [6.07, 6.45) is 9.53. The van der Waals surface area contributed by atoms with Gasteiger partial charge in [0, 0.05) is 6.54 Å². The standard InChI is InChI=1S/C16H28ClN3/c1-4-11-18-15(16(3)9-7-6-8-10-16)14-13(17)12-19-20(14)5-2/h12,15,18H,4-11H2,1-3H3. The molecule has 1 unspecified atom stereocenters. The van der Waals surface area contributed by atoms with Crippen molar-refractivity contribution in [1.29, 1.82) is 0 Å². The lowest BCUT2D eigenvalue weighted by Crippen LogP contribution is -2.39. The first kappa shape index (κ1) is 15.8. The number of hydrogen-bond acceptors (Lipinski definition) is 2. The Kier molecular flexibility index (Phi) is 5.50. The summed E-state index contributed by atoms with van der Waals surface area (Å²) < 4.78 is 2.06. The van der Waals surface area contributed by atoms with E-state index in [0.717, 1.165) is 24.5 Å². The summed E-state index contributed by atoms with van der Waals surface area (Å²) in [7, 11) is 0. The van der Waals surface area contributed by atoms with Gasteiger partial charge < -0.3 is 5.32 Å². The number of rotatable bonds is 6. The summed E-state index contributed by atoms with van der Waals surface area (Å²) in [5.74, 6) is 0. The van der Waals surface area contributed by atoms with Crippen LogP contribution in [0.5, 0.6) is 0 Å². The van der Waals surface area contributed by atoms with Crippen molar-refractivity contribution in [1.82, 2.24) is 15.1 Å². The summed E-state index contributed by atoms with van der Waals surface area (Å²) in [6.45, 7) is 8.68. The minimum atomic E-state index is 0.296. The third kappa shape index (κ3) is 3.20. The number of nitrogens with one attached hydrogen (secondary N) is 1. The maximum absolute atomic E-state index is 6.46. The molecule has 0 radical (unpaired) electrons. The van der Waals surface area contributed by atoms with E-state index in [1.54, 1.807) is 6.20 Å². The number of nitrogens with zero attached hydrogens (tertiary/aromatic N) is 2. The maximum Gasteiger partial charge on any atom is 0.0834 e. The Hall–Kier alpha value is -0.540. The molecule has 1 aliphatic rings. The summed E-state index contributed by atoms with van der Waals surface area (Å²) in [4.78, 5) is 0. The molecule has 1 N–H and O–H groups in total. The fourth-order valence-corrected chi connectivity index (χ4v) is 3.77. The van der Waals surface area contributed by atoms with Gasteiger partial charge in [0.15, 0.2) is 0 Å². The molecule has 20 heavy (non-hydrogen) atoms. The van der Waals surface area contributed by atoms with Crippen LogP contribution >= 0.6 is 11.6 Å². The molecule has 1 aliphatic carbocycles. The molecule has 1 aromatic heterocycles. The summed E-state index contributed by atoms with van der Waals surface area (Å²) in [5, 5.41) is 9.00. The highest BCUT2D eigenvalue weighted by molar-refractivity contribution is 6.31. The zero-order valence-corrected chi connectivity index (χ0v) is 13.8. The third-order valence-corrected chi connectivity index (χ3v) is 4.99. The topological polar surface area (TPSA) is 29.9 Å². The van der Waals surface area contributed by atoms with Gasteiger partial charge in [-0.05, 0) is 38.1 Å². The molecule has 0 bridgehead atoms. The van der Waals surface area contributed by atoms with Crippen LogP contribution in [-0.4, -0.2) is 16.3 Å². The molecule has 1 heterocycles. The van der Waals surface area contributed by atoms with Gasteiger partial charge in [-0.1, -0.05) is 44.7 Å². The van der Waals surface area contributed by atoms with Crippen LogP contribution in [0.1, 0.15) is 71.0 Å². The van der Waals surface area contributed by atoms with Gasteiger partial charge in [0.25, 0.3) is 0 Å². The Morgan fingerprint density at radius 1 is 1.35 bits per heavy atom. The highest BCUT2D eigenvalue weighted by Crippen LogP contribution is 2.47. The van der Waals surface area contributed by atoms with Gasteiger partial charge in [-0.25, -0.2) is 0 Å². The van der Waals surface area contributed by atoms with Crippen molar-refractivity contribution in [3.63, 3.8) is 0 Å². The molecule has 4 heteroatoms. The zero-order valence-electron chi connectivity index (χ0n) is 13.1. The SMILES string of the molecule is CCCNC(c1c(Cl)cnn1CC)C1(C)CCCCC1. The van der Waals surface area contributed by atoms with E-state index in [2.05, 4.69) is 35.9 Å². The molecule has 1 saturated carbocycles. The summed E-state index contributed by atoms with van der Waals surface area (Å²) in [5.41, 5.74) is 1.48. The molecule has 114 valence electrons. The van der Waals surface area contributed by atoms with Gasteiger partial charge in [-0.3, -0.25) is 4.68 Å². The monoisotopic (exact) mass is 297 g/mol. The average molecular weight is 298 g/mol. The minimum Gasteiger partial charge on any atom is -0.308 e. The van der Waals surface area contributed by atoms with Gasteiger partial charge in [-0.2, -0.15) is 5.10 Å². The largest absolute Gasteiger partial charge is 0.308 e. The second-order valence-corrected chi connectivity index (χ2v) is 6.70. The first-order chi connectivity index (χ1) is 9.62. The Balaban J connectivity index is 2.33. The fraction of sp³-hybridized carbons (Fsp3) is 0.812. The Bertz CT molecular complexity index is 421. The van der Waals surface area contributed by atoms with Gasteiger partial charge in [-0.15, -0.1) is 0 Å². The van der Waals surface area contributed by atoms with E-state index < -0.39 is 0 Å². The molecule has 1 aromatic rings. The quantitative estimate of drug-likeness (QED) is 0.833. The van der Waals surface area contributed by atoms with Crippen LogP contribution < -0.4 is 5.32 Å². The Labute approximate surface area is 128 Å². The Morgan fingerprint density at radius 2 is 2.05 bits per heavy atom. The lowest BCUT2D eigenvalue weighted by atomic mass is 9.69. The maximum atomic E-state index is 6.46. The third-order valence-electron chi connectivity index (χ3n) is 4.70. The van der Waals surface area contributed by atoms with Gasteiger partial charge in [0.2, 0.25) is 0 Å². The first-order valence-corrected chi connectivity index (χ1v) is 8.44. The highest BCUT2D eigenvalue weighted by atomic mass is 35.5. The van der Waals surface area contributed by atoms with Crippen molar-refractivity contribution in [2.24, 2.45) is 5.41 Å². The minimum absolute atomic E-state index is 0.296. The molecule has 1 atom stereocenters. The van der Waals surface area contributed by atoms with Gasteiger partial charge >= 0.3 is 0 Å². The highest BCUT2D eigenvalue weighted by Gasteiger charge is 2.38. The van der Waals surface area contributed by atoms with Crippen LogP contribution in [-0.2, 0) is 6.54 Å². The number of hydrogen-bond donors (Lipinski definition) is 1. The van der Waals surface area contributed by atoms with E-state index in [1.807, 2.05) is 0 Å². The molecule has 1 fully saturated rings. The van der Waals surface area contributed by atoms with Crippen LogP contribution in [0.25, 0.3) is 0 Å². The molecular weight excluding hydrogens is 270 g/mol. The van der Waals surface area contributed by atoms with Crippen molar-refractivity contribution in [3.05, 3.63) is 16.9 Å². The van der Waals surface area contributed by atoms with Crippen molar-refractivity contribution < 1.29 is 0 Å². The molecule has 0 amide bonds. The van der Waals surface area contributed by atoms with Crippen molar-refractivity contribution in [2.45, 2.75) is 71.9 Å². The van der Waals surface area contributed by atoms with Gasteiger partial charge in [0.1, 0.15) is 0 Å².